The normalized spacial score (nSPS) is 13.0. The van der Waals surface area contributed by atoms with Crippen LogP contribution in [0.5, 0.6) is 0 Å². The van der Waals surface area contributed by atoms with Crippen LogP contribution in [0.4, 0.5) is 37.7 Å². The standard InChI is InChI=1S/C17H12F3N3O2.C17H16F3N3/c1-22-10-14(13-8-12(23(24)25)9-21-16(13)22)15(17(18,19)20)7-11-5-3-2-4-6-11;1-23-10-14(13-8-12(21)9-22-16(13)23)15(17(18,19)20)7-11-5-3-2-4-6-11/h2-10H,1H3;2-6,8-10,15H,7,21H2,1H3. The first-order chi connectivity index (χ1) is 22.6. The van der Waals surface area contributed by atoms with Crippen molar-refractivity contribution >= 4 is 45.1 Å². The number of pyridine rings is 2. The molecule has 2 aromatic carbocycles. The molecular formula is C34H28F6N6O2. The molecule has 0 aliphatic heterocycles. The monoisotopic (exact) mass is 666 g/mol. The van der Waals surface area contributed by atoms with Crippen molar-refractivity contribution in [2.24, 2.45) is 14.1 Å². The van der Waals surface area contributed by atoms with Gasteiger partial charge in [-0.15, -0.1) is 0 Å². The fourth-order valence-electron chi connectivity index (χ4n) is 5.43. The molecule has 1 atom stereocenters. The number of aromatic nitrogens is 4. The molecule has 6 rings (SSSR count). The number of rotatable bonds is 6. The van der Waals surface area contributed by atoms with E-state index >= 15 is 0 Å². The maximum atomic E-state index is 13.7. The zero-order valence-corrected chi connectivity index (χ0v) is 25.5. The van der Waals surface area contributed by atoms with Crippen LogP contribution in [-0.2, 0) is 20.5 Å². The first-order valence-corrected chi connectivity index (χ1v) is 14.4. The molecule has 8 nitrogen and oxygen atoms in total. The van der Waals surface area contributed by atoms with E-state index in [-0.39, 0.29) is 34.3 Å². The average molecular weight is 667 g/mol. The summed E-state index contributed by atoms with van der Waals surface area (Å²) in [5.74, 6) is -1.60. The van der Waals surface area contributed by atoms with Crippen LogP contribution in [0.3, 0.4) is 0 Å². The number of benzene rings is 2. The number of nitrogen functional groups attached to an aromatic ring is 1. The van der Waals surface area contributed by atoms with Gasteiger partial charge in [-0.1, -0.05) is 60.7 Å². The number of halogens is 6. The van der Waals surface area contributed by atoms with Crippen molar-refractivity contribution in [2.45, 2.75) is 24.7 Å². The summed E-state index contributed by atoms with van der Waals surface area (Å²) in [5, 5.41) is 11.5. The molecule has 0 radical (unpaired) electrons. The molecule has 48 heavy (non-hydrogen) atoms. The Balaban J connectivity index is 0.000000188. The quantitative estimate of drug-likeness (QED) is 0.109. The second-order valence-corrected chi connectivity index (χ2v) is 11.1. The van der Waals surface area contributed by atoms with Gasteiger partial charge in [-0.2, -0.15) is 26.3 Å². The van der Waals surface area contributed by atoms with Crippen LogP contribution >= 0.6 is 0 Å². The number of nitrogens with zero attached hydrogens (tertiary/aromatic N) is 5. The molecule has 4 aromatic heterocycles. The number of fused-ring (bicyclic) bond motifs is 2. The predicted octanol–water partition coefficient (Wildman–Crippen LogP) is 8.63. The second-order valence-electron chi connectivity index (χ2n) is 11.1. The van der Waals surface area contributed by atoms with Gasteiger partial charge in [0.2, 0.25) is 0 Å². The summed E-state index contributed by atoms with van der Waals surface area (Å²) in [6, 6.07) is 19.4. The summed E-state index contributed by atoms with van der Waals surface area (Å²) in [7, 11) is 3.23. The molecule has 248 valence electrons. The molecule has 2 N–H and O–H groups in total. The molecule has 0 fully saturated rings. The summed E-state index contributed by atoms with van der Waals surface area (Å²) in [6.07, 6.45) is -2.82. The van der Waals surface area contributed by atoms with Crippen LogP contribution in [0.25, 0.3) is 33.7 Å². The van der Waals surface area contributed by atoms with Crippen molar-refractivity contribution < 1.29 is 31.3 Å². The lowest BCUT2D eigenvalue weighted by atomic mass is 9.91. The van der Waals surface area contributed by atoms with Crippen LogP contribution in [0.2, 0.25) is 0 Å². The highest BCUT2D eigenvalue weighted by Gasteiger charge is 2.42. The number of nitro groups is 1. The number of anilines is 1. The predicted molar refractivity (Wildman–Crippen MR) is 172 cm³/mol. The number of nitrogens with two attached hydrogens (primary N) is 1. The highest BCUT2D eigenvalue weighted by Crippen LogP contribution is 2.42. The van der Waals surface area contributed by atoms with Gasteiger partial charge in [-0.25, -0.2) is 9.97 Å². The van der Waals surface area contributed by atoms with Crippen LogP contribution < -0.4 is 5.73 Å². The minimum absolute atomic E-state index is 0.0798. The number of aryl methyl sites for hydroxylation is 2. The van der Waals surface area contributed by atoms with E-state index in [1.165, 1.54) is 23.2 Å². The fraction of sp³-hybridized carbons (Fsp3) is 0.176. The molecule has 0 aliphatic rings. The summed E-state index contributed by atoms with van der Waals surface area (Å²) in [4.78, 5) is 18.3. The van der Waals surface area contributed by atoms with Gasteiger partial charge in [0.25, 0.3) is 5.69 Å². The number of hydrogen-bond acceptors (Lipinski definition) is 5. The van der Waals surface area contributed by atoms with Crippen LogP contribution in [0.15, 0.2) is 97.6 Å². The van der Waals surface area contributed by atoms with E-state index in [1.807, 2.05) is 0 Å². The molecule has 14 heteroatoms. The maximum Gasteiger partial charge on any atom is 0.417 e. The Morgan fingerprint density at radius 2 is 1.46 bits per heavy atom. The molecule has 0 saturated heterocycles. The Morgan fingerprint density at radius 3 is 2.06 bits per heavy atom. The lowest BCUT2D eigenvalue weighted by Crippen LogP contribution is -2.23. The van der Waals surface area contributed by atoms with Gasteiger partial charge in [-0.05, 0) is 35.3 Å². The molecule has 0 saturated carbocycles. The van der Waals surface area contributed by atoms with Crippen molar-refractivity contribution in [3.63, 3.8) is 0 Å². The number of hydrogen-bond donors (Lipinski definition) is 1. The largest absolute Gasteiger partial charge is 0.417 e. The summed E-state index contributed by atoms with van der Waals surface area (Å²) < 4.78 is 85.0. The minimum Gasteiger partial charge on any atom is -0.397 e. The van der Waals surface area contributed by atoms with E-state index in [0.29, 0.717) is 27.8 Å². The third-order valence-electron chi connectivity index (χ3n) is 7.64. The minimum atomic E-state index is -4.63. The lowest BCUT2D eigenvalue weighted by molar-refractivity contribution is -0.385. The van der Waals surface area contributed by atoms with Crippen molar-refractivity contribution in [3.05, 3.63) is 130 Å². The molecule has 4 heterocycles. The number of allylic oxidation sites excluding steroid dienone is 1. The third-order valence-corrected chi connectivity index (χ3v) is 7.64. The molecule has 0 bridgehead atoms. The molecule has 0 spiro atoms. The molecule has 1 unspecified atom stereocenters. The SMILES string of the molecule is Cn1cc(C(=Cc2ccccc2)C(F)(F)F)c2cc([N+](=O)[O-])cnc21.Cn1cc(C(Cc2ccccc2)C(F)(F)F)c2cc(N)cnc21. The van der Waals surface area contributed by atoms with E-state index < -0.39 is 28.8 Å². The Morgan fingerprint density at radius 1 is 0.875 bits per heavy atom. The van der Waals surface area contributed by atoms with Crippen molar-refractivity contribution in [3.8, 4) is 0 Å². The Hall–Kier alpha value is -5.66. The Labute approximate surface area is 269 Å². The van der Waals surface area contributed by atoms with Crippen LogP contribution in [0, 0.1) is 10.1 Å². The van der Waals surface area contributed by atoms with Gasteiger partial charge in [0, 0.05) is 48.9 Å². The summed E-state index contributed by atoms with van der Waals surface area (Å²) in [6.45, 7) is 0. The van der Waals surface area contributed by atoms with Gasteiger partial charge in [0.05, 0.1) is 28.3 Å². The van der Waals surface area contributed by atoms with Crippen molar-refractivity contribution in [1.29, 1.82) is 0 Å². The second kappa shape index (κ2) is 13.2. The first-order valence-electron chi connectivity index (χ1n) is 14.4. The first kappa shape index (κ1) is 33.7. The Kier molecular flexibility index (Phi) is 9.28. The summed E-state index contributed by atoms with van der Waals surface area (Å²) in [5.41, 5.74) is 6.64. The van der Waals surface area contributed by atoms with Crippen LogP contribution in [-0.4, -0.2) is 36.4 Å². The number of alkyl halides is 6. The Bertz CT molecular complexity index is 2100. The lowest BCUT2D eigenvalue weighted by Gasteiger charge is -2.20. The van der Waals surface area contributed by atoms with E-state index in [0.717, 1.165) is 18.3 Å². The van der Waals surface area contributed by atoms with Crippen LogP contribution in [0.1, 0.15) is 28.2 Å². The van der Waals surface area contributed by atoms with Gasteiger partial charge >= 0.3 is 12.4 Å². The maximum absolute atomic E-state index is 13.7. The topological polar surface area (TPSA) is 105 Å². The molecule has 0 aliphatic carbocycles. The zero-order chi connectivity index (χ0) is 34.8. The molecule has 6 aromatic rings. The van der Waals surface area contributed by atoms with E-state index in [4.69, 9.17) is 5.73 Å². The van der Waals surface area contributed by atoms with Gasteiger partial charge < -0.3 is 14.9 Å². The van der Waals surface area contributed by atoms with E-state index in [1.54, 1.807) is 85.4 Å². The van der Waals surface area contributed by atoms with Crippen molar-refractivity contribution in [1.82, 2.24) is 19.1 Å². The van der Waals surface area contributed by atoms with Gasteiger partial charge in [-0.3, -0.25) is 10.1 Å². The van der Waals surface area contributed by atoms with Gasteiger partial charge in [0.1, 0.15) is 17.5 Å². The van der Waals surface area contributed by atoms with E-state index in [2.05, 4.69) is 9.97 Å². The zero-order valence-electron chi connectivity index (χ0n) is 25.5. The third kappa shape index (κ3) is 7.32. The summed E-state index contributed by atoms with van der Waals surface area (Å²) >= 11 is 0. The molecular weight excluding hydrogens is 638 g/mol. The average Bonchev–Trinajstić information content (AvgIpc) is 3.53. The highest BCUT2D eigenvalue weighted by molar-refractivity contribution is 5.98. The molecule has 0 amide bonds. The smallest absolute Gasteiger partial charge is 0.397 e. The van der Waals surface area contributed by atoms with Gasteiger partial charge in [0.15, 0.2) is 0 Å². The van der Waals surface area contributed by atoms with Crippen molar-refractivity contribution in [2.75, 3.05) is 5.73 Å². The van der Waals surface area contributed by atoms with E-state index in [9.17, 15) is 36.5 Å². The fourth-order valence-corrected chi connectivity index (χ4v) is 5.43. The highest BCUT2D eigenvalue weighted by atomic mass is 19.4.